The average molecular weight is 321 g/mol. The summed E-state index contributed by atoms with van der Waals surface area (Å²) in [6.45, 7) is 12.9. The quantitative estimate of drug-likeness (QED) is 0.709. The molecule has 0 unspecified atom stereocenters. The van der Waals surface area contributed by atoms with Crippen LogP contribution in [0.2, 0.25) is 0 Å². The van der Waals surface area contributed by atoms with Crippen LogP contribution in [-0.2, 0) is 18.3 Å². The maximum absolute atomic E-state index is 12.8. The van der Waals surface area contributed by atoms with Crippen LogP contribution >= 0.6 is 7.60 Å². The lowest BCUT2D eigenvalue weighted by molar-refractivity contribution is 0.0545. The standard InChI is InChI=1S/C14H28NO5P/c1-8-18-21(17,19-9-2)12(10-11(3)4)15-13(16)20-14(5,6)7/h10-11H,8-9H2,1-7H3,(H,15,16)/b12-10+. The molecule has 0 fully saturated rings. The second-order valence-corrected chi connectivity index (χ2v) is 7.75. The van der Waals surface area contributed by atoms with Crippen LogP contribution in [0.1, 0.15) is 48.5 Å². The number of nitrogens with one attached hydrogen (secondary N) is 1. The monoisotopic (exact) mass is 321 g/mol. The topological polar surface area (TPSA) is 73.9 Å². The van der Waals surface area contributed by atoms with Crippen molar-refractivity contribution in [3.8, 4) is 0 Å². The van der Waals surface area contributed by atoms with Gasteiger partial charge in [0.2, 0.25) is 0 Å². The Hall–Kier alpha value is -0.840. The van der Waals surface area contributed by atoms with E-state index in [-0.39, 0.29) is 24.6 Å². The van der Waals surface area contributed by atoms with E-state index in [0.29, 0.717) is 0 Å². The zero-order valence-electron chi connectivity index (χ0n) is 14.1. The molecule has 0 aliphatic heterocycles. The van der Waals surface area contributed by atoms with Crippen molar-refractivity contribution in [1.29, 1.82) is 0 Å². The fraction of sp³-hybridized carbons (Fsp3) is 0.786. The first-order valence-corrected chi connectivity index (χ1v) is 8.69. The molecule has 0 spiro atoms. The molecule has 21 heavy (non-hydrogen) atoms. The van der Waals surface area contributed by atoms with Crippen LogP contribution in [0, 0.1) is 5.92 Å². The SMILES string of the molecule is CCOP(=O)(OCC)/C(=C/C(C)C)NC(=O)OC(C)(C)C. The molecule has 0 saturated carbocycles. The summed E-state index contributed by atoms with van der Waals surface area (Å²) in [5, 5.41) is 2.50. The third-order valence-electron chi connectivity index (χ3n) is 2.01. The minimum Gasteiger partial charge on any atom is -0.444 e. The molecular weight excluding hydrogens is 293 g/mol. The van der Waals surface area contributed by atoms with Crippen LogP contribution in [0.5, 0.6) is 0 Å². The first kappa shape index (κ1) is 20.2. The lowest BCUT2D eigenvalue weighted by Crippen LogP contribution is -2.32. The number of ether oxygens (including phenoxy) is 1. The minimum absolute atomic E-state index is 0.0594. The van der Waals surface area contributed by atoms with Crippen LogP contribution in [-0.4, -0.2) is 24.9 Å². The van der Waals surface area contributed by atoms with Crippen LogP contribution in [0.3, 0.4) is 0 Å². The number of carbonyl (C=O) groups is 1. The van der Waals surface area contributed by atoms with Crippen molar-refractivity contribution in [3.63, 3.8) is 0 Å². The van der Waals surface area contributed by atoms with Crippen LogP contribution in [0.15, 0.2) is 11.5 Å². The molecule has 0 atom stereocenters. The highest BCUT2D eigenvalue weighted by Crippen LogP contribution is 2.55. The first-order chi connectivity index (χ1) is 9.54. The number of allylic oxidation sites excluding steroid dienone is 1. The number of carbonyl (C=O) groups excluding carboxylic acids is 1. The number of rotatable bonds is 7. The normalized spacial score (nSPS) is 13.4. The summed E-state index contributed by atoms with van der Waals surface area (Å²) in [5.41, 5.74) is -0.524. The van der Waals surface area contributed by atoms with Gasteiger partial charge < -0.3 is 13.8 Å². The number of amides is 1. The van der Waals surface area contributed by atoms with E-state index in [0.717, 1.165) is 0 Å². The van der Waals surface area contributed by atoms with Crippen molar-refractivity contribution in [2.45, 2.75) is 54.1 Å². The highest BCUT2D eigenvalue weighted by Gasteiger charge is 2.32. The summed E-state index contributed by atoms with van der Waals surface area (Å²) < 4.78 is 28.5. The molecule has 124 valence electrons. The van der Waals surface area contributed by atoms with Crippen molar-refractivity contribution < 1.29 is 23.1 Å². The lowest BCUT2D eigenvalue weighted by Gasteiger charge is -2.24. The van der Waals surface area contributed by atoms with Gasteiger partial charge in [-0.1, -0.05) is 13.8 Å². The van der Waals surface area contributed by atoms with Crippen molar-refractivity contribution in [3.05, 3.63) is 11.5 Å². The highest BCUT2D eigenvalue weighted by molar-refractivity contribution is 7.58. The Morgan fingerprint density at radius 3 is 2.00 bits per heavy atom. The summed E-state index contributed by atoms with van der Waals surface area (Å²) in [7, 11) is -3.55. The van der Waals surface area contributed by atoms with Gasteiger partial charge in [-0.05, 0) is 46.6 Å². The third kappa shape index (κ3) is 8.24. The Kier molecular flexibility index (Phi) is 8.22. The Bertz CT molecular complexity index is 402. The predicted molar refractivity (Wildman–Crippen MR) is 83.1 cm³/mol. The van der Waals surface area contributed by atoms with Crippen LogP contribution in [0.25, 0.3) is 0 Å². The van der Waals surface area contributed by atoms with E-state index >= 15 is 0 Å². The van der Waals surface area contributed by atoms with Gasteiger partial charge in [-0.2, -0.15) is 0 Å². The molecule has 0 aliphatic carbocycles. The van der Waals surface area contributed by atoms with Gasteiger partial charge in [0.25, 0.3) is 0 Å². The molecule has 0 aliphatic rings. The predicted octanol–water partition coefficient (Wildman–Crippen LogP) is 4.27. The Labute approximate surface area is 127 Å². The van der Waals surface area contributed by atoms with Gasteiger partial charge in [-0.25, -0.2) is 4.79 Å². The van der Waals surface area contributed by atoms with Crippen molar-refractivity contribution in [2.24, 2.45) is 5.92 Å². The molecule has 6 nitrogen and oxygen atoms in total. The van der Waals surface area contributed by atoms with E-state index in [1.165, 1.54) is 0 Å². The van der Waals surface area contributed by atoms with Crippen molar-refractivity contribution >= 4 is 13.7 Å². The zero-order chi connectivity index (χ0) is 16.7. The van der Waals surface area contributed by atoms with E-state index in [1.54, 1.807) is 40.7 Å². The zero-order valence-corrected chi connectivity index (χ0v) is 15.0. The summed E-state index contributed by atoms with van der Waals surface area (Å²) in [6.07, 6.45) is 0.963. The molecule has 0 heterocycles. The van der Waals surface area contributed by atoms with Crippen molar-refractivity contribution in [2.75, 3.05) is 13.2 Å². The van der Waals surface area contributed by atoms with E-state index in [1.807, 2.05) is 13.8 Å². The average Bonchev–Trinajstić information content (AvgIpc) is 2.25. The summed E-state index contributed by atoms with van der Waals surface area (Å²) in [4.78, 5) is 11.9. The molecule has 0 rings (SSSR count). The van der Waals surface area contributed by atoms with E-state index in [4.69, 9.17) is 13.8 Å². The lowest BCUT2D eigenvalue weighted by atomic mass is 10.2. The maximum atomic E-state index is 12.8. The number of hydrogen-bond acceptors (Lipinski definition) is 5. The van der Waals surface area contributed by atoms with Gasteiger partial charge in [0, 0.05) is 0 Å². The summed E-state index contributed by atoms with van der Waals surface area (Å²) >= 11 is 0. The Balaban J connectivity index is 5.29. The third-order valence-corrected chi connectivity index (χ3v) is 4.06. The molecule has 7 heteroatoms. The van der Waals surface area contributed by atoms with Gasteiger partial charge in [-0.3, -0.25) is 9.88 Å². The summed E-state index contributed by atoms with van der Waals surface area (Å²) in [6, 6.07) is 0. The Morgan fingerprint density at radius 1 is 1.19 bits per heavy atom. The Morgan fingerprint density at radius 2 is 1.67 bits per heavy atom. The molecular formula is C14H28NO5P. The van der Waals surface area contributed by atoms with E-state index in [2.05, 4.69) is 5.32 Å². The molecule has 0 aromatic heterocycles. The van der Waals surface area contributed by atoms with Crippen LogP contribution < -0.4 is 5.32 Å². The highest BCUT2D eigenvalue weighted by atomic mass is 31.2. The largest absolute Gasteiger partial charge is 0.444 e. The fourth-order valence-electron chi connectivity index (χ4n) is 1.44. The first-order valence-electron chi connectivity index (χ1n) is 7.15. The second kappa shape index (κ2) is 8.57. The number of hydrogen-bond donors (Lipinski definition) is 1. The van der Waals surface area contributed by atoms with Gasteiger partial charge >= 0.3 is 13.7 Å². The second-order valence-electron chi connectivity index (χ2n) is 5.76. The minimum atomic E-state index is -3.55. The molecule has 1 N–H and O–H groups in total. The van der Waals surface area contributed by atoms with E-state index in [9.17, 15) is 9.36 Å². The smallest absolute Gasteiger partial charge is 0.412 e. The fourth-order valence-corrected chi connectivity index (χ4v) is 3.18. The molecule has 0 saturated heterocycles. The number of alkyl carbamates (subject to hydrolysis) is 1. The molecule has 0 bridgehead atoms. The van der Waals surface area contributed by atoms with Crippen LogP contribution in [0.4, 0.5) is 4.79 Å². The van der Waals surface area contributed by atoms with Gasteiger partial charge in [0.05, 0.1) is 13.2 Å². The van der Waals surface area contributed by atoms with Gasteiger partial charge in [0.1, 0.15) is 11.0 Å². The van der Waals surface area contributed by atoms with E-state index < -0.39 is 19.3 Å². The van der Waals surface area contributed by atoms with Crippen molar-refractivity contribution in [1.82, 2.24) is 5.32 Å². The molecule has 1 amide bonds. The maximum Gasteiger partial charge on any atom is 0.412 e. The van der Waals surface area contributed by atoms with Gasteiger partial charge in [-0.15, -0.1) is 0 Å². The molecule has 0 aromatic carbocycles. The molecule has 0 radical (unpaired) electrons. The molecule has 0 aromatic rings. The summed E-state index contributed by atoms with van der Waals surface area (Å²) in [5.74, 6) is 0.0594. The van der Waals surface area contributed by atoms with Gasteiger partial charge in [0.15, 0.2) is 0 Å².